The predicted molar refractivity (Wildman–Crippen MR) is 109 cm³/mol. The fraction of sp³-hybridized carbons (Fsp3) is 0.333. The molecular formula is C21H21F3N2O4S. The van der Waals surface area contributed by atoms with Gasteiger partial charge in [-0.25, -0.2) is 0 Å². The van der Waals surface area contributed by atoms with Crippen LogP contribution >= 0.6 is 0 Å². The number of hydrogen-bond donors (Lipinski definition) is 0. The van der Waals surface area contributed by atoms with Crippen molar-refractivity contribution in [1.82, 2.24) is 9.97 Å². The SMILES string of the molecule is CC(C)(C)c1ccc(CCOc2nc(OS(=O)(=O)C(F)(F)F)nc3ccccc23)cc1. The standard InChI is InChI=1S/C21H21F3N2O4S/c1-20(2,3)15-10-8-14(9-11-15)12-13-29-18-16-6-4-5-7-17(16)25-19(26-18)30-31(27,28)21(22,23)24/h4-11H,12-13H2,1-3H3. The summed E-state index contributed by atoms with van der Waals surface area (Å²) in [4.78, 5) is 7.48. The molecule has 0 aliphatic carbocycles. The van der Waals surface area contributed by atoms with E-state index >= 15 is 0 Å². The lowest BCUT2D eigenvalue weighted by Gasteiger charge is -2.19. The summed E-state index contributed by atoms with van der Waals surface area (Å²) < 4.78 is 70.2. The molecule has 3 rings (SSSR count). The Morgan fingerprint density at radius 1 is 0.935 bits per heavy atom. The predicted octanol–water partition coefficient (Wildman–Crippen LogP) is 4.78. The molecule has 0 amide bonds. The van der Waals surface area contributed by atoms with E-state index in [4.69, 9.17) is 4.74 Å². The van der Waals surface area contributed by atoms with Gasteiger partial charge in [-0.2, -0.15) is 31.6 Å². The van der Waals surface area contributed by atoms with E-state index in [1.54, 1.807) is 18.2 Å². The van der Waals surface area contributed by atoms with E-state index < -0.39 is 21.6 Å². The number of ether oxygens (including phenoxy) is 1. The lowest BCUT2D eigenvalue weighted by atomic mass is 9.86. The van der Waals surface area contributed by atoms with Gasteiger partial charge in [0.25, 0.3) is 0 Å². The Morgan fingerprint density at radius 2 is 1.58 bits per heavy atom. The number of alkyl halides is 3. The highest BCUT2D eigenvalue weighted by molar-refractivity contribution is 7.87. The first-order valence-electron chi connectivity index (χ1n) is 9.36. The molecule has 10 heteroatoms. The van der Waals surface area contributed by atoms with Gasteiger partial charge in [-0.05, 0) is 28.7 Å². The summed E-state index contributed by atoms with van der Waals surface area (Å²) in [6.07, 6.45) is 0.514. The van der Waals surface area contributed by atoms with Gasteiger partial charge < -0.3 is 8.92 Å². The van der Waals surface area contributed by atoms with Crippen LogP contribution in [0.2, 0.25) is 0 Å². The van der Waals surface area contributed by atoms with Crippen molar-refractivity contribution >= 4 is 21.0 Å². The van der Waals surface area contributed by atoms with Gasteiger partial charge in [-0.15, -0.1) is 0 Å². The van der Waals surface area contributed by atoms with E-state index in [-0.39, 0.29) is 23.4 Å². The highest BCUT2D eigenvalue weighted by atomic mass is 32.2. The van der Waals surface area contributed by atoms with Crippen LogP contribution in [0.4, 0.5) is 13.2 Å². The molecule has 166 valence electrons. The first kappa shape index (κ1) is 22.8. The monoisotopic (exact) mass is 454 g/mol. The summed E-state index contributed by atoms with van der Waals surface area (Å²) in [5, 5.41) is 0.419. The number of halogens is 3. The van der Waals surface area contributed by atoms with Crippen LogP contribution in [0, 0.1) is 0 Å². The van der Waals surface area contributed by atoms with Gasteiger partial charge in [-0.1, -0.05) is 57.2 Å². The second kappa shape index (κ2) is 8.33. The number of nitrogens with zero attached hydrogens (tertiary/aromatic N) is 2. The normalized spacial score (nSPS) is 12.7. The molecule has 0 aliphatic heterocycles. The minimum absolute atomic E-state index is 0.0298. The van der Waals surface area contributed by atoms with Gasteiger partial charge >= 0.3 is 21.6 Å². The van der Waals surface area contributed by atoms with Crippen molar-refractivity contribution < 1.29 is 30.5 Å². The lowest BCUT2D eigenvalue weighted by Crippen LogP contribution is -2.28. The molecule has 0 saturated heterocycles. The molecule has 1 aromatic heterocycles. The van der Waals surface area contributed by atoms with Crippen molar-refractivity contribution in [3.63, 3.8) is 0 Å². The lowest BCUT2D eigenvalue weighted by molar-refractivity contribution is -0.0502. The Hall–Kier alpha value is -2.88. The Morgan fingerprint density at radius 3 is 2.19 bits per heavy atom. The fourth-order valence-electron chi connectivity index (χ4n) is 2.76. The summed E-state index contributed by atoms with van der Waals surface area (Å²) in [5.74, 6) is -0.0655. The van der Waals surface area contributed by atoms with Crippen molar-refractivity contribution in [3.05, 3.63) is 59.7 Å². The van der Waals surface area contributed by atoms with Crippen molar-refractivity contribution in [2.45, 2.75) is 38.1 Å². The third-order valence-corrected chi connectivity index (χ3v) is 5.40. The van der Waals surface area contributed by atoms with Gasteiger partial charge in [0.15, 0.2) is 0 Å². The highest BCUT2D eigenvalue weighted by Gasteiger charge is 2.49. The quantitative estimate of drug-likeness (QED) is 0.394. The Kier molecular flexibility index (Phi) is 6.13. The van der Waals surface area contributed by atoms with Gasteiger partial charge in [0, 0.05) is 6.42 Å². The smallest absolute Gasteiger partial charge is 0.477 e. The van der Waals surface area contributed by atoms with Gasteiger partial charge in [0.2, 0.25) is 5.88 Å². The molecule has 0 atom stereocenters. The molecular weight excluding hydrogens is 433 g/mol. The van der Waals surface area contributed by atoms with Crippen LogP contribution in [0.3, 0.4) is 0 Å². The van der Waals surface area contributed by atoms with Crippen LogP contribution in [0.15, 0.2) is 48.5 Å². The molecule has 0 N–H and O–H groups in total. The second-order valence-corrected chi connectivity index (χ2v) is 9.39. The molecule has 0 spiro atoms. The highest BCUT2D eigenvalue weighted by Crippen LogP contribution is 2.29. The van der Waals surface area contributed by atoms with E-state index in [1.807, 2.05) is 24.3 Å². The second-order valence-electron chi connectivity index (χ2n) is 7.86. The zero-order chi connectivity index (χ0) is 22.9. The average molecular weight is 454 g/mol. The van der Waals surface area contributed by atoms with Crippen molar-refractivity contribution in [1.29, 1.82) is 0 Å². The Labute approximate surface area is 178 Å². The van der Waals surface area contributed by atoms with Crippen LogP contribution in [0.1, 0.15) is 31.9 Å². The Balaban J connectivity index is 1.79. The number of benzene rings is 2. The molecule has 2 aromatic carbocycles. The van der Waals surface area contributed by atoms with Crippen LogP contribution in [-0.4, -0.2) is 30.5 Å². The molecule has 0 saturated carbocycles. The van der Waals surface area contributed by atoms with Crippen LogP contribution < -0.4 is 8.92 Å². The summed E-state index contributed by atoms with van der Waals surface area (Å²) in [5.41, 5.74) is -3.19. The van der Waals surface area contributed by atoms with E-state index in [9.17, 15) is 21.6 Å². The zero-order valence-corrected chi connectivity index (χ0v) is 17.9. The molecule has 0 aliphatic rings. The summed E-state index contributed by atoms with van der Waals surface area (Å²) >= 11 is 0. The van der Waals surface area contributed by atoms with Crippen LogP contribution in [0.25, 0.3) is 10.9 Å². The number of aromatic nitrogens is 2. The average Bonchev–Trinajstić information content (AvgIpc) is 2.66. The largest absolute Gasteiger partial charge is 0.534 e. The first-order chi connectivity index (χ1) is 14.4. The van der Waals surface area contributed by atoms with E-state index in [0.29, 0.717) is 11.8 Å². The third-order valence-electron chi connectivity index (χ3n) is 4.46. The van der Waals surface area contributed by atoms with Crippen molar-refractivity contribution in [2.24, 2.45) is 0 Å². The summed E-state index contributed by atoms with van der Waals surface area (Å²) in [6.45, 7) is 6.51. The third kappa shape index (κ3) is 5.43. The van der Waals surface area contributed by atoms with Gasteiger partial charge in [0.05, 0.1) is 17.5 Å². The molecule has 31 heavy (non-hydrogen) atoms. The number of hydrogen-bond acceptors (Lipinski definition) is 6. The number of fused-ring (bicyclic) bond motifs is 1. The summed E-state index contributed by atoms with van der Waals surface area (Å²) in [7, 11) is -5.90. The van der Waals surface area contributed by atoms with Crippen LogP contribution in [-0.2, 0) is 22.0 Å². The molecule has 0 bridgehead atoms. The maximum atomic E-state index is 12.6. The molecule has 1 heterocycles. The summed E-state index contributed by atoms with van der Waals surface area (Å²) in [6, 6.07) is 13.4. The van der Waals surface area contributed by atoms with Crippen molar-refractivity contribution in [3.8, 4) is 11.9 Å². The minimum atomic E-state index is -5.90. The topological polar surface area (TPSA) is 78.4 Å². The number of para-hydroxylation sites is 1. The van der Waals surface area contributed by atoms with E-state index in [1.165, 1.54) is 11.6 Å². The fourth-order valence-corrected chi connectivity index (χ4v) is 3.12. The molecule has 0 radical (unpaired) electrons. The maximum Gasteiger partial charge on any atom is 0.534 e. The van der Waals surface area contributed by atoms with Gasteiger partial charge in [-0.3, -0.25) is 0 Å². The molecule has 6 nitrogen and oxygen atoms in total. The van der Waals surface area contributed by atoms with E-state index in [2.05, 4.69) is 34.9 Å². The van der Waals surface area contributed by atoms with Crippen molar-refractivity contribution in [2.75, 3.05) is 6.61 Å². The molecule has 0 fully saturated rings. The Bertz CT molecular complexity index is 1170. The van der Waals surface area contributed by atoms with E-state index in [0.717, 1.165) is 5.56 Å². The van der Waals surface area contributed by atoms with Crippen LogP contribution in [0.5, 0.6) is 11.9 Å². The van der Waals surface area contributed by atoms with Gasteiger partial charge in [0.1, 0.15) is 0 Å². The minimum Gasteiger partial charge on any atom is -0.477 e. The first-order valence-corrected chi connectivity index (χ1v) is 10.8. The maximum absolute atomic E-state index is 12.6. The zero-order valence-electron chi connectivity index (χ0n) is 17.1. The molecule has 3 aromatic rings. The molecule has 0 unspecified atom stereocenters. The number of rotatable bonds is 6.